The molecule has 1 aromatic rings. The molecule has 0 atom stereocenters. The summed E-state index contributed by atoms with van der Waals surface area (Å²) >= 11 is 0. The molecular formula is C10H12O. The summed E-state index contributed by atoms with van der Waals surface area (Å²) in [4.78, 5) is 0. The third kappa shape index (κ3) is 2.20. The lowest BCUT2D eigenvalue weighted by Gasteiger charge is -1.98. The van der Waals surface area contributed by atoms with Gasteiger partial charge < -0.3 is 4.74 Å². The van der Waals surface area contributed by atoms with Crippen molar-refractivity contribution in [3.63, 3.8) is 0 Å². The van der Waals surface area contributed by atoms with Gasteiger partial charge in [-0.1, -0.05) is 36.9 Å². The second-order valence-corrected chi connectivity index (χ2v) is 2.29. The molecule has 0 fully saturated rings. The lowest BCUT2D eigenvalue weighted by molar-refractivity contribution is 0.185. The summed E-state index contributed by atoms with van der Waals surface area (Å²) in [7, 11) is 0.0171. The fraction of sp³-hybridized carbons (Fsp3) is 0.200. The standard InChI is InChI=1S/C10H12O/c1-3-9-4-6-10(7-5-9)8-11-2/h3-7H,1,8H2,2H3/i2T. The van der Waals surface area contributed by atoms with Gasteiger partial charge in [-0.15, -0.1) is 0 Å². The van der Waals surface area contributed by atoms with Crippen molar-refractivity contribution in [2.45, 2.75) is 6.61 Å². The SMILES string of the molecule is [3H]COCc1ccc(C=C)cc1. The van der Waals surface area contributed by atoms with Crippen LogP contribution in [0.5, 0.6) is 0 Å². The third-order valence-electron chi connectivity index (χ3n) is 1.48. The smallest absolute Gasteiger partial charge is 0.0713 e. The molecule has 0 aromatic heterocycles. The largest absolute Gasteiger partial charge is 0.380 e. The van der Waals surface area contributed by atoms with E-state index in [1.807, 2.05) is 24.3 Å². The molecule has 1 heteroatoms. The first-order valence-corrected chi connectivity index (χ1v) is 3.45. The fourth-order valence-electron chi connectivity index (χ4n) is 0.868. The Morgan fingerprint density at radius 1 is 1.55 bits per heavy atom. The van der Waals surface area contributed by atoms with Gasteiger partial charge in [0, 0.05) is 7.09 Å². The quantitative estimate of drug-likeness (QED) is 0.643. The average Bonchev–Trinajstić information content (AvgIpc) is 2.15. The molecule has 0 spiro atoms. The minimum absolute atomic E-state index is 0.0171. The highest BCUT2D eigenvalue weighted by atomic mass is 16.5. The van der Waals surface area contributed by atoms with E-state index >= 15 is 0 Å². The zero-order chi connectivity index (χ0) is 8.81. The van der Waals surface area contributed by atoms with Crippen LogP contribution in [0.3, 0.4) is 0 Å². The van der Waals surface area contributed by atoms with Gasteiger partial charge in [0.2, 0.25) is 0 Å². The predicted octanol–water partition coefficient (Wildman–Crippen LogP) is 2.48. The molecule has 0 aliphatic rings. The van der Waals surface area contributed by atoms with E-state index in [-0.39, 0.29) is 7.09 Å². The first kappa shape index (κ1) is 6.62. The van der Waals surface area contributed by atoms with E-state index < -0.39 is 0 Å². The number of ether oxygens (including phenoxy) is 1. The van der Waals surface area contributed by atoms with Crippen molar-refractivity contribution < 1.29 is 6.11 Å². The second-order valence-electron chi connectivity index (χ2n) is 2.29. The van der Waals surface area contributed by atoms with Crippen molar-refractivity contribution in [3.05, 3.63) is 42.0 Å². The lowest BCUT2D eigenvalue weighted by atomic mass is 10.1. The van der Waals surface area contributed by atoms with Gasteiger partial charge in [-0.05, 0) is 11.1 Å². The van der Waals surface area contributed by atoms with Crippen LogP contribution in [0.15, 0.2) is 30.8 Å². The maximum Gasteiger partial charge on any atom is 0.0713 e. The number of hydrogen-bond acceptors (Lipinski definition) is 1. The molecule has 0 saturated heterocycles. The number of hydrogen-bond donors (Lipinski definition) is 0. The Morgan fingerprint density at radius 3 is 2.82 bits per heavy atom. The molecule has 0 aliphatic carbocycles. The maximum atomic E-state index is 6.79. The molecule has 0 amide bonds. The van der Waals surface area contributed by atoms with Crippen molar-refractivity contribution in [1.82, 2.24) is 0 Å². The van der Waals surface area contributed by atoms with Gasteiger partial charge in [0.25, 0.3) is 0 Å². The summed E-state index contributed by atoms with van der Waals surface area (Å²) in [6.07, 6.45) is 1.80. The van der Waals surface area contributed by atoms with Gasteiger partial charge in [0.15, 0.2) is 0 Å². The zero-order valence-corrected chi connectivity index (χ0v) is 6.42. The second kappa shape index (κ2) is 3.94. The summed E-state index contributed by atoms with van der Waals surface area (Å²) in [6, 6.07) is 7.92. The number of rotatable bonds is 3. The van der Waals surface area contributed by atoms with E-state index in [4.69, 9.17) is 6.11 Å². The summed E-state index contributed by atoms with van der Waals surface area (Å²) in [5, 5.41) is 0. The van der Waals surface area contributed by atoms with Crippen molar-refractivity contribution in [3.8, 4) is 0 Å². The molecule has 0 heterocycles. The van der Waals surface area contributed by atoms with Gasteiger partial charge in [-0.2, -0.15) is 0 Å². The van der Waals surface area contributed by atoms with Crippen LogP contribution in [0.2, 0.25) is 0 Å². The third-order valence-corrected chi connectivity index (χ3v) is 1.48. The Bertz CT molecular complexity index is 241. The van der Waals surface area contributed by atoms with Gasteiger partial charge in [-0.25, -0.2) is 0 Å². The highest BCUT2D eigenvalue weighted by Gasteiger charge is 1.89. The minimum Gasteiger partial charge on any atom is -0.380 e. The van der Waals surface area contributed by atoms with Gasteiger partial charge in [0.05, 0.1) is 7.98 Å². The molecule has 0 saturated carbocycles. The van der Waals surface area contributed by atoms with Crippen LogP contribution < -0.4 is 0 Å². The zero-order valence-electron chi connectivity index (χ0n) is 7.42. The van der Waals surface area contributed by atoms with Gasteiger partial charge in [-0.3, -0.25) is 0 Å². The van der Waals surface area contributed by atoms with Crippen LogP contribution in [-0.4, -0.2) is 7.09 Å². The van der Waals surface area contributed by atoms with Crippen LogP contribution in [0, 0.1) is 0 Å². The normalized spacial score (nSPS) is 10.7. The Hall–Kier alpha value is -1.08. The monoisotopic (exact) mass is 150 g/mol. The van der Waals surface area contributed by atoms with Crippen molar-refractivity contribution in [2.24, 2.45) is 0 Å². The highest BCUT2D eigenvalue weighted by molar-refractivity contribution is 5.47. The molecule has 1 aromatic carbocycles. The predicted molar refractivity (Wildman–Crippen MR) is 47.2 cm³/mol. The number of methoxy groups -OCH3 is 1. The molecule has 11 heavy (non-hydrogen) atoms. The minimum atomic E-state index is 0.0171. The van der Waals surface area contributed by atoms with Crippen molar-refractivity contribution in [2.75, 3.05) is 7.09 Å². The van der Waals surface area contributed by atoms with Gasteiger partial charge in [0.1, 0.15) is 0 Å². The Kier molecular flexibility index (Phi) is 2.37. The summed E-state index contributed by atoms with van der Waals surface area (Å²) in [5.74, 6) is 0. The molecule has 0 unspecified atom stereocenters. The molecule has 0 radical (unpaired) electrons. The van der Waals surface area contributed by atoms with Crippen molar-refractivity contribution in [1.29, 1.82) is 0 Å². The molecule has 0 aliphatic heterocycles. The van der Waals surface area contributed by atoms with Crippen LogP contribution in [0.1, 0.15) is 12.5 Å². The summed E-state index contributed by atoms with van der Waals surface area (Å²) in [6.45, 7) is 4.18. The first-order chi connectivity index (χ1) is 5.86. The molecular weight excluding hydrogens is 136 g/mol. The summed E-state index contributed by atoms with van der Waals surface area (Å²) in [5.41, 5.74) is 2.19. The average molecular weight is 150 g/mol. The van der Waals surface area contributed by atoms with Crippen LogP contribution in [-0.2, 0) is 11.3 Å². The Labute approximate surface area is 68.7 Å². The summed E-state index contributed by atoms with van der Waals surface area (Å²) < 4.78 is 11.7. The van der Waals surface area contributed by atoms with Crippen LogP contribution in [0.4, 0.5) is 0 Å². The van der Waals surface area contributed by atoms with E-state index in [1.165, 1.54) is 0 Å². The van der Waals surface area contributed by atoms with Crippen LogP contribution in [0.25, 0.3) is 6.08 Å². The molecule has 1 rings (SSSR count). The maximum absolute atomic E-state index is 6.79. The molecule has 1 nitrogen and oxygen atoms in total. The number of benzene rings is 1. The van der Waals surface area contributed by atoms with Gasteiger partial charge >= 0.3 is 0 Å². The molecule has 0 bridgehead atoms. The topological polar surface area (TPSA) is 9.23 Å². The Balaban J connectivity index is 2.58. The molecule has 58 valence electrons. The van der Waals surface area contributed by atoms with E-state index in [9.17, 15) is 0 Å². The first-order valence-electron chi connectivity index (χ1n) is 4.16. The van der Waals surface area contributed by atoms with E-state index in [1.54, 1.807) is 6.08 Å². The fourth-order valence-corrected chi connectivity index (χ4v) is 0.868. The van der Waals surface area contributed by atoms with Crippen LogP contribution >= 0.6 is 0 Å². The lowest BCUT2D eigenvalue weighted by Crippen LogP contribution is -1.85. The van der Waals surface area contributed by atoms with E-state index in [2.05, 4.69) is 6.58 Å². The van der Waals surface area contributed by atoms with E-state index in [0.29, 0.717) is 6.61 Å². The Morgan fingerprint density at radius 2 is 2.27 bits per heavy atom. The molecule has 0 N–H and O–H groups in total. The highest BCUT2D eigenvalue weighted by Crippen LogP contribution is 2.05. The van der Waals surface area contributed by atoms with Crippen molar-refractivity contribution >= 4 is 6.08 Å². The van der Waals surface area contributed by atoms with E-state index in [0.717, 1.165) is 11.1 Å².